The van der Waals surface area contributed by atoms with Crippen LogP contribution < -0.4 is 0 Å². The molecule has 0 bridgehead atoms. The first-order chi connectivity index (χ1) is 6.77. The topological polar surface area (TPSA) is 26.0 Å². The van der Waals surface area contributed by atoms with Gasteiger partial charge in [0.25, 0.3) is 0 Å². The van der Waals surface area contributed by atoms with E-state index in [1.807, 2.05) is 32.0 Å². The second-order valence-corrected chi connectivity index (χ2v) is 3.48. The minimum Gasteiger partial charge on any atom is -0.361 e. The van der Waals surface area contributed by atoms with Gasteiger partial charge in [-0.15, -0.1) is 0 Å². The Morgan fingerprint density at radius 2 is 1.86 bits per heavy atom. The van der Waals surface area contributed by atoms with E-state index < -0.39 is 0 Å². The first-order valence-corrected chi connectivity index (χ1v) is 4.73. The lowest BCUT2D eigenvalue weighted by atomic mass is 10.1. The first-order valence-electron chi connectivity index (χ1n) is 4.73. The van der Waals surface area contributed by atoms with E-state index in [0.29, 0.717) is 0 Å². The molecule has 1 heterocycles. The number of aryl methyl sites for hydroxylation is 1. The number of rotatable bonds is 2. The maximum absolute atomic E-state index is 5.25. The van der Waals surface area contributed by atoms with Gasteiger partial charge in [-0.25, -0.2) is 0 Å². The van der Waals surface area contributed by atoms with Crippen LogP contribution in [0.4, 0.5) is 0 Å². The summed E-state index contributed by atoms with van der Waals surface area (Å²) in [5.41, 5.74) is 3.40. The molecule has 0 atom stereocenters. The fraction of sp³-hybridized carbons (Fsp3) is 0.250. The molecule has 0 fully saturated rings. The monoisotopic (exact) mass is 187 g/mol. The SMILES string of the molecule is Cc1noc(Cc2ccccc2)c1C. The van der Waals surface area contributed by atoms with Gasteiger partial charge in [-0.05, 0) is 19.4 Å². The standard InChI is InChI=1S/C12H13NO/c1-9-10(2)13-14-12(9)8-11-6-4-3-5-7-11/h3-7H,8H2,1-2H3. The molecule has 0 saturated heterocycles. The fourth-order valence-electron chi connectivity index (χ4n) is 1.41. The van der Waals surface area contributed by atoms with E-state index in [0.717, 1.165) is 23.4 Å². The van der Waals surface area contributed by atoms with E-state index in [-0.39, 0.29) is 0 Å². The van der Waals surface area contributed by atoms with Crippen LogP contribution in [-0.2, 0) is 6.42 Å². The molecule has 1 aromatic carbocycles. The average Bonchev–Trinajstić information content (AvgIpc) is 2.52. The second-order valence-electron chi connectivity index (χ2n) is 3.48. The minimum atomic E-state index is 0.827. The van der Waals surface area contributed by atoms with Crippen LogP contribution in [0.15, 0.2) is 34.9 Å². The molecule has 0 saturated carbocycles. The average molecular weight is 187 g/mol. The van der Waals surface area contributed by atoms with Crippen molar-refractivity contribution in [2.75, 3.05) is 0 Å². The van der Waals surface area contributed by atoms with Crippen molar-refractivity contribution < 1.29 is 4.52 Å². The molecule has 0 aliphatic rings. The lowest BCUT2D eigenvalue weighted by molar-refractivity contribution is 0.385. The minimum absolute atomic E-state index is 0.827. The molecule has 2 aromatic rings. The molecule has 0 aliphatic carbocycles. The summed E-state index contributed by atoms with van der Waals surface area (Å²) >= 11 is 0. The predicted molar refractivity (Wildman–Crippen MR) is 55.2 cm³/mol. The Balaban J connectivity index is 2.23. The zero-order valence-corrected chi connectivity index (χ0v) is 8.45. The van der Waals surface area contributed by atoms with Gasteiger partial charge < -0.3 is 4.52 Å². The molecule has 2 heteroatoms. The van der Waals surface area contributed by atoms with E-state index in [1.165, 1.54) is 5.56 Å². The van der Waals surface area contributed by atoms with E-state index in [4.69, 9.17) is 4.52 Å². The highest BCUT2D eigenvalue weighted by Crippen LogP contribution is 2.15. The maximum Gasteiger partial charge on any atom is 0.144 e. The number of aromatic nitrogens is 1. The van der Waals surface area contributed by atoms with Gasteiger partial charge in [0, 0.05) is 12.0 Å². The van der Waals surface area contributed by atoms with Gasteiger partial charge in [0.05, 0.1) is 5.69 Å². The summed E-state index contributed by atoms with van der Waals surface area (Å²) in [7, 11) is 0. The van der Waals surface area contributed by atoms with Gasteiger partial charge in [-0.1, -0.05) is 35.5 Å². The van der Waals surface area contributed by atoms with Gasteiger partial charge in [0.1, 0.15) is 5.76 Å². The smallest absolute Gasteiger partial charge is 0.144 e. The third-order valence-corrected chi connectivity index (χ3v) is 2.46. The van der Waals surface area contributed by atoms with Crippen molar-refractivity contribution in [1.82, 2.24) is 5.16 Å². The largest absolute Gasteiger partial charge is 0.361 e. The lowest BCUT2D eigenvalue weighted by Crippen LogP contribution is -1.87. The molecule has 14 heavy (non-hydrogen) atoms. The Bertz CT molecular complexity index is 417. The fourth-order valence-corrected chi connectivity index (χ4v) is 1.41. The second kappa shape index (κ2) is 3.66. The van der Waals surface area contributed by atoms with Gasteiger partial charge in [0.15, 0.2) is 0 Å². The summed E-state index contributed by atoms with van der Waals surface area (Å²) < 4.78 is 5.25. The van der Waals surface area contributed by atoms with E-state index >= 15 is 0 Å². The van der Waals surface area contributed by atoms with Crippen LogP contribution in [0.3, 0.4) is 0 Å². The van der Waals surface area contributed by atoms with Crippen molar-refractivity contribution >= 4 is 0 Å². The summed E-state index contributed by atoms with van der Waals surface area (Å²) in [5, 5.41) is 3.94. The maximum atomic E-state index is 5.25. The van der Waals surface area contributed by atoms with Gasteiger partial charge in [-0.3, -0.25) is 0 Å². The Labute approximate surface area is 83.5 Å². The predicted octanol–water partition coefficient (Wildman–Crippen LogP) is 2.88. The van der Waals surface area contributed by atoms with E-state index in [1.54, 1.807) is 0 Å². The summed E-state index contributed by atoms with van der Waals surface area (Å²) in [6, 6.07) is 10.3. The Morgan fingerprint density at radius 1 is 1.14 bits per heavy atom. The number of hydrogen-bond acceptors (Lipinski definition) is 2. The zero-order valence-electron chi connectivity index (χ0n) is 8.45. The highest BCUT2D eigenvalue weighted by molar-refractivity contribution is 5.26. The summed E-state index contributed by atoms with van der Waals surface area (Å²) in [5.74, 6) is 0.966. The van der Waals surface area contributed by atoms with Crippen LogP contribution in [0.5, 0.6) is 0 Å². The third kappa shape index (κ3) is 1.69. The Kier molecular flexibility index (Phi) is 2.35. The molecule has 1 aromatic heterocycles. The molecule has 0 radical (unpaired) electrons. The van der Waals surface area contributed by atoms with Crippen LogP contribution >= 0.6 is 0 Å². The Morgan fingerprint density at radius 3 is 2.43 bits per heavy atom. The van der Waals surface area contributed by atoms with Crippen molar-refractivity contribution in [3.05, 3.63) is 52.9 Å². The molecule has 0 spiro atoms. The lowest BCUT2D eigenvalue weighted by Gasteiger charge is -1.97. The quantitative estimate of drug-likeness (QED) is 0.722. The molecular formula is C12H13NO. The van der Waals surface area contributed by atoms with Crippen LogP contribution in [-0.4, -0.2) is 5.16 Å². The van der Waals surface area contributed by atoms with Crippen molar-refractivity contribution in [2.45, 2.75) is 20.3 Å². The summed E-state index contributed by atoms with van der Waals surface area (Å²) in [4.78, 5) is 0. The van der Waals surface area contributed by atoms with Gasteiger partial charge >= 0.3 is 0 Å². The zero-order chi connectivity index (χ0) is 9.97. The molecule has 0 aliphatic heterocycles. The molecule has 72 valence electrons. The van der Waals surface area contributed by atoms with Crippen molar-refractivity contribution in [2.24, 2.45) is 0 Å². The van der Waals surface area contributed by atoms with E-state index in [9.17, 15) is 0 Å². The number of benzene rings is 1. The molecule has 0 unspecified atom stereocenters. The molecule has 0 amide bonds. The molecule has 2 nitrogen and oxygen atoms in total. The Hall–Kier alpha value is -1.57. The van der Waals surface area contributed by atoms with Crippen molar-refractivity contribution in [3.63, 3.8) is 0 Å². The summed E-state index contributed by atoms with van der Waals surface area (Å²) in [6.07, 6.45) is 0.827. The van der Waals surface area contributed by atoms with Crippen LogP contribution in [0.25, 0.3) is 0 Å². The van der Waals surface area contributed by atoms with Crippen LogP contribution in [0, 0.1) is 13.8 Å². The van der Waals surface area contributed by atoms with Crippen molar-refractivity contribution in [3.8, 4) is 0 Å². The van der Waals surface area contributed by atoms with Gasteiger partial charge in [0.2, 0.25) is 0 Å². The number of nitrogens with zero attached hydrogens (tertiary/aromatic N) is 1. The van der Waals surface area contributed by atoms with Crippen LogP contribution in [0.1, 0.15) is 22.6 Å². The normalized spacial score (nSPS) is 10.4. The molecular weight excluding hydrogens is 174 g/mol. The number of hydrogen-bond donors (Lipinski definition) is 0. The van der Waals surface area contributed by atoms with Crippen LogP contribution in [0.2, 0.25) is 0 Å². The van der Waals surface area contributed by atoms with Gasteiger partial charge in [-0.2, -0.15) is 0 Å². The van der Waals surface area contributed by atoms with E-state index in [2.05, 4.69) is 17.3 Å². The summed E-state index contributed by atoms with van der Waals surface area (Å²) in [6.45, 7) is 4.01. The molecule has 2 rings (SSSR count). The highest BCUT2D eigenvalue weighted by Gasteiger charge is 2.08. The molecule has 0 N–H and O–H groups in total. The third-order valence-electron chi connectivity index (χ3n) is 2.46. The van der Waals surface area contributed by atoms with Crippen molar-refractivity contribution in [1.29, 1.82) is 0 Å². The highest BCUT2D eigenvalue weighted by atomic mass is 16.5. The first kappa shape index (κ1) is 9.00.